The summed E-state index contributed by atoms with van der Waals surface area (Å²) in [6, 6.07) is 3.34. The van der Waals surface area contributed by atoms with Gasteiger partial charge in [0, 0.05) is 47.2 Å². The number of rotatable bonds is 6. The minimum absolute atomic E-state index is 0.0203. The largest absolute Gasteiger partial charge is 0.458 e. The number of carbonyl (C=O) groups excluding carboxylic acids is 1. The van der Waals surface area contributed by atoms with Crippen LogP contribution in [0.1, 0.15) is 79.3 Å². The highest BCUT2D eigenvalue weighted by Gasteiger charge is 2.46. The second-order valence-corrected chi connectivity index (χ2v) is 11.4. The molecule has 0 radical (unpaired) electrons. The Balaban J connectivity index is 1.65. The smallest absolute Gasteiger partial charge is 0.343 e. The summed E-state index contributed by atoms with van der Waals surface area (Å²) in [5, 5.41) is 25.7. The summed E-state index contributed by atoms with van der Waals surface area (Å²) < 4.78 is 21.9. The Hall–Kier alpha value is -3.14. The molecule has 39 heavy (non-hydrogen) atoms. The molecule has 8 nitrogen and oxygen atoms in total. The third kappa shape index (κ3) is 3.70. The fourth-order valence-electron chi connectivity index (χ4n) is 6.96. The highest BCUT2D eigenvalue weighted by atomic mass is 19.1. The van der Waals surface area contributed by atoms with Crippen LogP contribution in [-0.2, 0) is 34.7 Å². The van der Waals surface area contributed by atoms with Gasteiger partial charge >= 0.3 is 5.97 Å². The van der Waals surface area contributed by atoms with Crippen molar-refractivity contribution in [2.45, 2.75) is 90.1 Å². The molecule has 6 rings (SSSR count). The normalized spacial score (nSPS) is 22.1. The molecule has 4 heterocycles. The van der Waals surface area contributed by atoms with Crippen LogP contribution in [0.2, 0.25) is 0 Å². The van der Waals surface area contributed by atoms with Crippen LogP contribution in [0.25, 0.3) is 22.3 Å². The third-order valence-corrected chi connectivity index (χ3v) is 8.90. The number of hydrogen-bond donors (Lipinski definition) is 3. The van der Waals surface area contributed by atoms with Crippen molar-refractivity contribution in [2.24, 2.45) is 0 Å². The minimum atomic E-state index is -1.91. The number of benzene rings is 1. The van der Waals surface area contributed by atoms with Gasteiger partial charge in [0.2, 0.25) is 0 Å². The standard InChI is InChI=1S/C30H34FN3O5/c1-5-30(38)20-10-24-27-18(12-34(24)28(36)19(20)13-39-29(30)37)25-17(22(8-9-35)32-14(2)3)7-6-16-15(4)21(31)11-23(33-27)26(16)25/h10-11,14,17,22,32,35,38H,5-9,12-13H2,1-4H3/t17-,22-,30-/m0/s1. The van der Waals surface area contributed by atoms with Crippen LogP contribution in [-0.4, -0.2) is 44.4 Å². The molecule has 0 saturated heterocycles. The van der Waals surface area contributed by atoms with Gasteiger partial charge in [0.25, 0.3) is 5.56 Å². The lowest BCUT2D eigenvalue weighted by Gasteiger charge is -2.35. The van der Waals surface area contributed by atoms with E-state index < -0.39 is 11.6 Å². The number of aliphatic hydroxyl groups excluding tert-OH is 1. The lowest BCUT2D eigenvalue weighted by atomic mass is 9.74. The Kier molecular flexibility index (Phi) is 6.17. The maximum Gasteiger partial charge on any atom is 0.343 e. The number of halogens is 1. The van der Waals surface area contributed by atoms with E-state index in [1.807, 2.05) is 0 Å². The second kappa shape index (κ2) is 9.21. The molecule has 9 heteroatoms. The zero-order valence-corrected chi connectivity index (χ0v) is 22.7. The van der Waals surface area contributed by atoms with Crippen molar-refractivity contribution < 1.29 is 24.1 Å². The van der Waals surface area contributed by atoms with Crippen molar-refractivity contribution in [2.75, 3.05) is 6.61 Å². The molecule has 1 aliphatic carbocycles. The van der Waals surface area contributed by atoms with Crippen molar-refractivity contribution in [3.8, 4) is 11.4 Å². The number of esters is 1. The molecule has 3 aliphatic rings. The quantitative estimate of drug-likeness (QED) is 0.325. The first kappa shape index (κ1) is 26.1. The highest BCUT2D eigenvalue weighted by molar-refractivity contribution is 5.93. The Morgan fingerprint density at radius 2 is 2.03 bits per heavy atom. The Morgan fingerprint density at radius 1 is 1.26 bits per heavy atom. The summed E-state index contributed by atoms with van der Waals surface area (Å²) in [5.74, 6) is -1.06. The Morgan fingerprint density at radius 3 is 2.72 bits per heavy atom. The van der Waals surface area contributed by atoms with E-state index in [1.54, 1.807) is 24.5 Å². The topological polar surface area (TPSA) is 114 Å². The summed E-state index contributed by atoms with van der Waals surface area (Å²) in [7, 11) is 0. The Bertz CT molecular complexity index is 1600. The van der Waals surface area contributed by atoms with Crippen LogP contribution < -0.4 is 10.9 Å². The zero-order chi connectivity index (χ0) is 27.8. The molecular weight excluding hydrogens is 501 g/mol. The number of ether oxygens (including phenoxy) is 1. The van der Waals surface area contributed by atoms with E-state index >= 15 is 4.39 Å². The first-order valence-corrected chi connectivity index (χ1v) is 13.8. The molecule has 2 aliphatic heterocycles. The number of aryl methyl sites for hydroxylation is 1. The first-order valence-electron chi connectivity index (χ1n) is 13.8. The summed E-state index contributed by atoms with van der Waals surface area (Å²) in [5.41, 5.74) is 3.42. The molecule has 206 valence electrons. The second-order valence-electron chi connectivity index (χ2n) is 11.4. The fraction of sp³-hybridized carbons (Fsp3) is 0.500. The number of aromatic nitrogens is 2. The number of nitrogens with one attached hydrogen (secondary N) is 1. The maximum absolute atomic E-state index is 15.1. The van der Waals surface area contributed by atoms with Crippen molar-refractivity contribution in [3.05, 3.63) is 61.7 Å². The fourth-order valence-corrected chi connectivity index (χ4v) is 6.96. The average Bonchev–Trinajstić information content (AvgIpc) is 3.28. The van der Waals surface area contributed by atoms with Gasteiger partial charge < -0.3 is 24.8 Å². The molecule has 0 spiro atoms. The molecule has 2 aromatic heterocycles. The van der Waals surface area contributed by atoms with Crippen LogP contribution in [0.5, 0.6) is 0 Å². The zero-order valence-electron chi connectivity index (χ0n) is 22.7. The molecule has 0 bridgehead atoms. The number of pyridine rings is 2. The van der Waals surface area contributed by atoms with Crippen LogP contribution in [0.3, 0.4) is 0 Å². The van der Waals surface area contributed by atoms with Crippen LogP contribution in [0, 0.1) is 12.7 Å². The van der Waals surface area contributed by atoms with E-state index in [0.717, 1.165) is 28.5 Å². The Labute approximate surface area is 225 Å². The summed E-state index contributed by atoms with van der Waals surface area (Å²) in [4.78, 5) is 31.2. The predicted molar refractivity (Wildman–Crippen MR) is 144 cm³/mol. The summed E-state index contributed by atoms with van der Waals surface area (Å²) >= 11 is 0. The number of aliphatic hydroxyl groups is 2. The van der Waals surface area contributed by atoms with E-state index in [0.29, 0.717) is 35.3 Å². The minimum Gasteiger partial charge on any atom is -0.458 e. The number of fused-ring (bicyclic) bond motifs is 5. The number of nitrogens with zero attached hydrogens (tertiary/aromatic N) is 2. The van der Waals surface area contributed by atoms with Gasteiger partial charge in [-0.1, -0.05) is 20.8 Å². The van der Waals surface area contributed by atoms with Crippen LogP contribution >= 0.6 is 0 Å². The number of cyclic esters (lactones) is 1. The van der Waals surface area contributed by atoms with E-state index in [-0.39, 0.29) is 66.7 Å². The molecule has 3 atom stereocenters. The van der Waals surface area contributed by atoms with E-state index in [9.17, 15) is 19.8 Å². The van der Waals surface area contributed by atoms with Crippen LogP contribution in [0.4, 0.5) is 4.39 Å². The SMILES string of the molecule is CC[C@@]1(O)C(=O)OCc2c1cc1n(c2=O)Cc2c-1nc1cc(F)c(C)c3c1c2[C@H]([C@H](CCO)NC(C)C)CC3. The average molecular weight is 536 g/mol. The first-order chi connectivity index (χ1) is 18.6. The van der Waals surface area contributed by atoms with Crippen molar-refractivity contribution in [1.29, 1.82) is 0 Å². The van der Waals surface area contributed by atoms with Crippen molar-refractivity contribution >= 4 is 16.9 Å². The third-order valence-electron chi connectivity index (χ3n) is 8.90. The van der Waals surface area contributed by atoms with Crippen LogP contribution in [0.15, 0.2) is 16.9 Å². The molecular formula is C30H34FN3O5. The van der Waals surface area contributed by atoms with Gasteiger partial charge in [-0.15, -0.1) is 0 Å². The van der Waals surface area contributed by atoms with Gasteiger partial charge in [-0.05, 0) is 55.4 Å². The van der Waals surface area contributed by atoms with Gasteiger partial charge in [0.15, 0.2) is 5.60 Å². The maximum atomic E-state index is 15.1. The summed E-state index contributed by atoms with van der Waals surface area (Å²) in [6.45, 7) is 7.75. The van der Waals surface area contributed by atoms with Gasteiger partial charge in [-0.25, -0.2) is 14.2 Å². The number of carbonyl (C=O) groups is 1. The van der Waals surface area contributed by atoms with Gasteiger partial charge in [0.05, 0.1) is 29.0 Å². The van der Waals surface area contributed by atoms with Gasteiger partial charge in [-0.2, -0.15) is 0 Å². The van der Waals surface area contributed by atoms with E-state index in [2.05, 4.69) is 19.2 Å². The molecule has 0 fully saturated rings. The molecule has 1 aromatic carbocycles. The van der Waals surface area contributed by atoms with E-state index in [1.165, 1.54) is 6.07 Å². The highest BCUT2D eigenvalue weighted by Crippen LogP contribution is 2.47. The summed E-state index contributed by atoms with van der Waals surface area (Å²) in [6.07, 6.45) is 2.09. The molecule has 0 amide bonds. The van der Waals surface area contributed by atoms with Crippen molar-refractivity contribution in [1.82, 2.24) is 14.9 Å². The van der Waals surface area contributed by atoms with E-state index in [4.69, 9.17) is 9.72 Å². The van der Waals surface area contributed by atoms with Gasteiger partial charge in [-0.3, -0.25) is 4.79 Å². The molecule has 3 N–H and O–H groups in total. The van der Waals surface area contributed by atoms with Gasteiger partial charge in [0.1, 0.15) is 12.4 Å². The lowest BCUT2D eigenvalue weighted by Crippen LogP contribution is -2.44. The lowest BCUT2D eigenvalue weighted by molar-refractivity contribution is -0.172. The number of hydrogen-bond acceptors (Lipinski definition) is 7. The molecule has 0 unspecified atom stereocenters. The molecule has 0 saturated carbocycles. The monoisotopic (exact) mass is 535 g/mol. The van der Waals surface area contributed by atoms with Crippen molar-refractivity contribution in [3.63, 3.8) is 0 Å². The predicted octanol–water partition coefficient (Wildman–Crippen LogP) is 3.31. The molecule has 3 aromatic rings.